The number of amides is 1. The number of nitro groups is 1. The van der Waals surface area contributed by atoms with Crippen LogP contribution >= 0.6 is 0 Å². The van der Waals surface area contributed by atoms with Gasteiger partial charge in [0.25, 0.3) is 11.6 Å². The molecule has 2 N–H and O–H groups in total. The van der Waals surface area contributed by atoms with Gasteiger partial charge in [-0.3, -0.25) is 14.9 Å². The zero-order valence-electron chi connectivity index (χ0n) is 12.0. The zero-order valence-corrected chi connectivity index (χ0v) is 12.0. The van der Waals surface area contributed by atoms with Crippen LogP contribution in [0.1, 0.15) is 36.0 Å². The van der Waals surface area contributed by atoms with Crippen LogP contribution in [-0.2, 0) is 0 Å². The Morgan fingerprint density at radius 2 is 2.05 bits per heavy atom. The number of unbranched alkanes of at least 4 members (excludes halogenated alkanes) is 3. The van der Waals surface area contributed by atoms with Crippen molar-refractivity contribution in [3.05, 3.63) is 33.9 Å². The highest BCUT2D eigenvalue weighted by molar-refractivity contribution is 5.97. The Bertz CT molecular complexity index is 490. The maximum atomic E-state index is 12.0. The third kappa shape index (κ3) is 5.39. The number of aliphatic hydroxyl groups is 1. The van der Waals surface area contributed by atoms with Gasteiger partial charge in [0.1, 0.15) is 5.75 Å². The van der Waals surface area contributed by atoms with E-state index in [-0.39, 0.29) is 29.5 Å². The summed E-state index contributed by atoms with van der Waals surface area (Å²) in [6, 6.07) is 3.90. The Kier molecular flexibility index (Phi) is 7.17. The molecule has 0 spiro atoms. The molecule has 0 aromatic heterocycles. The summed E-state index contributed by atoms with van der Waals surface area (Å²) in [6.45, 7) is 0.705. The minimum atomic E-state index is -0.536. The molecule has 0 aliphatic carbocycles. The lowest BCUT2D eigenvalue weighted by molar-refractivity contribution is -0.384. The number of hydrogen-bond acceptors (Lipinski definition) is 5. The first-order chi connectivity index (χ1) is 10.1. The Hall–Kier alpha value is -2.15. The molecule has 7 nitrogen and oxygen atoms in total. The summed E-state index contributed by atoms with van der Waals surface area (Å²) in [5.41, 5.74) is 0.158. The fourth-order valence-electron chi connectivity index (χ4n) is 1.87. The van der Waals surface area contributed by atoms with Gasteiger partial charge >= 0.3 is 0 Å². The minimum absolute atomic E-state index is 0.118. The molecule has 0 aliphatic rings. The Balaban J connectivity index is 2.55. The summed E-state index contributed by atoms with van der Waals surface area (Å²) < 4.78 is 5.02. The first-order valence-corrected chi connectivity index (χ1v) is 6.81. The van der Waals surface area contributed by atoms with E-state index >= 15 is 0 Å². The number of hydrogen-bond donors (Lipinski definition) is 2. The van der Waals surface area contributed by atoms with Crippen LogP contribution in [0.3, 0.4) is 0 Å². The molecule has 1 aromatic rings. The number of carbonyl (C=O) groups excluding carboxylic acids is 1. The average molecular weight is 296 g/mol. The monoisotopic (exact) mass is 296 g/mol. The summed E-state index contributed by atoms with van der Waals surface area (Å²) in [4.78, 5) is 22.1. The topological polar surface area (TPSA) is 102 Å². The van der Waals surface area contributed by atoms with Crippen LogP contribution < -0.4 is 10.1 Å². The van der Waals surface area contributed by atoms with E-state index < -0.39 is 4.92 Å². The second-order valence-electron chi connectivity index (χ2n) is 4.54. The van der Waals surface area contributed by atoms with E-state index in [0.717, 1.165) is 25.7 Å². The summed E-state index contributed by atoms with van der Waals surface area (Å²) in [6.07, 6.45) is 3.44. The van der Waals surface area contributed by atoms with Crippen molar-refractivity contribution >= 4 is 11.6 Å². The van der Waals surface area contributed by atoms with Gasteiger partial charge in [-0.1, -0.05) is 12.8 Å². The highest BCUT2D eigenvalue weighted by Crippen LogP contribution is 2.24. The molecule has 0 fully saturated rings. The SMILES string of the molecule is COc1cc([N+](=O)[O-])ccc1C(=O)NCCCCCCO. The van der Waals surface area contributed by atoms with Crippen molar-refractivity contribution in [2.45, 2.75) is 25.7 Å². The maximum absolute atomic E-state index is 12.0. The fraction of sp³-hybridized carbons (Fsp3) is 0.500. The van der Waals surface area contributed by atoms with Crippen LogP contribution in [0.4, 0.5) is 5.69 Å². The molecule has 7 heteroatoms. The van der Waals surface area contributed by atoms with Crippen molar-refractivity contribution in [2.24, 2.45) is 0 Å². The van der Waals surface area contributed by atoms with Crippen LogP contribution in [-0.4, -0.2) is 36.2 Å². The van der Waals surface area contributed by atoms with Gasteiger partial charge in [0, 0.05) is 19.2 Å². The van der Waals surface area contributed by atoms with Crippen LogP contribution in [0.15, 0.2) is 18.2 Å². The van der Waals surface area contributed by atoms with E-state index in [1.807, 2.05) is 0 Å². The molecule has 0 saturated heterocycles. The molecule has 0 radical (unpaired) electrons. The van der Waals surface area contributed by atoms with E-state index in [4.69, 9.17) is 9.84 Å². The highest BCUT2D eigenvalue weighted by atomic mass is 16.6. The summed E-state index contributed by atoms with van der Waals surface area (Å²) in [7, 11) is 1.37. The second-order valence-corrected chi connectivity index (χ2v) is 4.54. The lowest BCUT2D eigenvalue weighted by atomic mass is 10.1. The fourth-order valence-corrected chi connectivity index (χ4v) is 1.87. The lowest BCUT2D eigenvalue weighted by Crippen LogP contribution is -2.25. The van der Waals surface area contributed by atoms with Crippen molar-refractivity contribution < 1.29 is 19.6 Å². The van der Waals surface area contributed by atoms with Crippen molar-refractivity contribution in [2.75, 3.05) is 20.3 Å². The molecule has 21 heavy (non-hydrogen) atoms. The molecule has 1 rings (SSSR count). The molecular formula is C14H20N2O5. The first-order valence-electron chi connectivity index (χ1n) is 6.81. The van der Waals surface area contributed by atoms with Crippen molar-refractivity contribution in [1.82, 2.24) is 5.32 Å². The van der Waals surface area contributed by atoms with E-state index in [9.17, 15) is 14.9 Å². The number of methoxy groups -OCH3 is 1. The van der Waals surface area contributed by atoms with E-state index in [2.05, 4.69) is 5.32 Å². The number of ether oxygens (including phenoxy) is 1. The molecule has 1 aromatic carbocycles. The second kappa shape index (κ2) is 8.91. The van der Waals surface area contributed by atoms with Crippen LogP contribution in [0, 0.1) is 10.1 Å². The van der Waals surface area contributed by atoms with Gasteiger partial charge < -0.3 is 15.2 Å². The normalized spacial score (nSPS) is 10.2. The number of non-ortho nitro benzene ring substituents is 1. The minimum Gasteiger partial charge on any atom is -0.496 e. The maximum Gasteiger partial charge on any atom is 0.273 e. The van der Waals surface area contributed by atoms with Crippen molar-refractivity contribution in [3.63, 3.8) is 0 Å². The lowest BCUT2D eigenvalue weighted by Gasteiger charge is -2.09. The van der Waals surface area contributed by atoms with Gasteiger partial charge in [0.15, 0.2) is 0 Å². The number of nitrogens with zero attached hydrogens (tertiary/aromatic N) is 1. The van der Waals surface area contributed by atoms with Crippen LogP contribution in [0.5, 0.6) is 5.75 Å². The van der Waals surface area contributed by atoms with E-state index in [1.54, 1.807) is 0 Å². The molecule has 0 bridgehead atoms. The van der Waals surface area contributed by atoms with E-state index in [0.29, 0.717) is 6.54 Å². The summed E-state index contributed by atoms with van der Waals surface area (Å²) >= 11 is 0. The predicted octanol–water partition coefficient (Wildman–Crippen LogP) is 1.89. The van der Waals surface area contributed by atoms with Crippen molar-refractivity contribution in [3.8, 4) is 5.75 Å². The molecule has 116 valence electrons. The van der Waals surface area contributed by atoms with Gasteiger partial charge in [-0.05, 0) is 18.9 Å². The third-order valence-electron chi connectivity index (χ3n) is 3.01. The number of nitro benzene ring substituents is 1. The van der Waals surface area contributed by atoms with Crippen LogP contribution in [0.2, 0.25) is 0 Å². The number of nitrogens with one attached hydrogen (secondary N) is 1. The van der Waals surface area contributed by atoms with Gasteiger partial charge in [-0.25, -0.2) is 0 Å². The highest BCUT2D eigenvalue weighted by Gasteiger charge is 2.16. The average Bonchev–Trinajstić information content (AvgIpc) is 2.49. The molecule has 0 atom stereocenters. The standard InChI is InChI=1S/C14H20N2O5/c1-21-13-10-11(16(19)20)6-7-12(13)14(18)15-8-4-2-3-5-9-17/h6-7,10,17H,2-5,8-9H2,1H3,(H,15,18). The molecule has 0 unspecified atom stereocenters. The Morgan fingerprint density at radius 3 is 2.67 bits per heavy atom. The summed E-state index contributed by atoms with van der Waals surface area (Å²) in [5.74, 6) is -0.133. The Morgan fingerprint density at radius 1 is 1.33 bits per heavy atom. The van der Waals surface area contributed by atoms with Crippen LogP contribution in [0.25, 0.3) is 0 Å². The number of carbonyl (C=O) groups is 1. The number of benzene rings is 1. The molecule has 0 heterocycles. The molecule has 0 aliphatic heterocycles. The first kappa shape index (κ1) is 16.9. The Labute approximate surface area is 123 Å². The molecule has 0 saturated carbocycles. The smallest absolute Gasteiger partial charge is 0.273 e. The summed E-state index contributed by atoms with van der Waals surface area (Å²) in [5, 5.41) is 22.1. The number of rotatable bonds is 9. The van der Waals surface area contributed by atoms with E-state index in [1.165, 1.54) is 25.3 Å². The molecule has 1 amide bonds. The van der Waals surface area contributed by atoms with Crippen molar-refractivity contribution in [1.29, 1.82) is 0 Å². The zero-order chi connectivity index (χ0) is 15.7. The number of aliphatic hydroxyl groups excluding tert-OH is 1. The van der Waals surface area contributed by atoms with Gasteiger partial charge in [0.2, 0.25) is 0 Å². The predicted molar refractivity (Wildman–Crippen MR) is 77.5 cm³/mol. The largest absolute Gasteiger partial charge is 0.496 e. The van der Waals surface area contributed by atoms with Gasteiger partial charge in [-0.2, -0.15) is 0 Å². The van der Waals surface area contributed by atoms with Gasteiger partial charge in [-0.15, -0.1) is 0 Å². The quantitative estimate of drug-likeness (QED) is 0.411. The van der Waals surface area contributed by atoms with Gasteiger partial charge in [0.05, 0.1) is 23.7 Å². The third-order valence-corrected chi connectivity index (χ3v) is 3.01. The molecular weight excluding hydrogens is 276 g/mol.